The smallest absolute Gasteiger partial charge is 0.252 e. The molecule has 35 heavy (non-hydrogen) atoms. The first-order chi connectivity index (χ1) is 16.7. The number of hydrogen-bond donors (Lipinski definition) is 1. The van der Waals surface area contributed by atoms with E-state index in [1.165, 1.54) is 30.7 Å². The molecule has 2 aromatic heterocycles. The molecule has 2 aromatic carbocycles. The first-order valence-electron chi connectivity index (χ1n) is 10.7. The van der Waals surface area contributed by atoms with Crippen molar-refractivity contribution in [1.29, 1.82) is 0 Å². The lowest BCUT2D eigenvalue weighted by Gasteiger charge is -2.22. The molecule has 10 heteroatoms. The normalized spacial score (nSPS) is 11.7. The number of aryl methyl sites for hydroxylation is 1. The molecule has 0 amide bonds. The van der Waals surface area contributed by atoms with Gasteiger partial charge in [0.1, 0.15) is 0 Å². The molecule has 0 aliphatic rings. The number of benzene rings is 2. The fourth-order valence-corrected chi connectivity index (χ4v) is 5.37. The van der Waals surface area contributed by atoms with Crippen LogP contribution < -0.4 is 15.0 Å². The van der Waals surface area contributed by atoms with Gasteiger partial charge in [0.05, 0.1) is 24.6 Å². The summed E-state index contributed by atoms with van der Waals surface area (Å²) in [5.74, 6) is 0.965. The highest BCUT2D eigenvalue weighted by Gasteiger charge is 2.27. The number of fused-ring (bicyclic) bond motifs is 1. The van der Waals surface area contributed by atoms with Crippen LogP contribution >= 0.6 is 11.6 Å². The summed E-state index contributed by atoms with van der Waals surface area (Å²) < 4.78 is 39.2. The maximum atomic E-state index is 13.7. The van der Waals surface area contributed by atoms with Crippen LogP contribution in [0.15, 0.2) is 70.6 Å². The molecule has 0 spiro atoms. The summed E-state index contributed by atoms with van der Waals surface area (Å²) in [6, 6.07) is 13.1. The zero-order valence-corrected chi connectivity index (χ0v) is 21.0. The molecule has 0 atom stereocenters. The SMILES string of the molecule is COc1cc2cc(CN(Cc3cccnc3)S(=O)(=O)c3ccc(C)c(Cl)c3)c(=O)[nH]c2cc1OC. The average molecular weight is 514 g/mol. The highest BCUT2D eigenvalue weighted by atomic mass is 35.5. The van der Waals surface area contributed by atoms with E-state index in [9.17, 15) is 13.2 Å². The monoisotopic (exact) mass is 513 g/mol. The summed E-state index contributed by atoms with van der Waals surface area (Å²) in [6.45, 7) is 1.65. The molecule has 182 valence electrons. The highest BCUT2D eigenvalue weighted by Crippen LogP contribution is 2.31. The van der Waals surface area contributed by atoms with Crippen molar-refractivity contribution < 1.29 is 17.9 Å². The molecule has 0 radical (unpaired) electrons. The molecular formula is C25H24ClN3O5S. The number of hydrogen-bond acceptors (Lipinski definition) is 6. The van der Waals surface area contributed by atoms with Crippen molar-refractivity contribution in [3.8, 4) is 11.5 Å². The maximum absolute atomic E-state index is 13.7. The Labute approximate surface area is 208 Å². The Morgan fingerprint density at radius 1 is 1.03 bits per heavy atom. The average Bonchev–Trinajstić information content (AvgIpc) is 2.85. The van der Waals surface area contributed by atoms with Gasteiger partial charge in [0.15, 0.2) is 11.5 Å². The Kier molecular flexibility index (Phi) is 7.11. The summed E-state index contributed by atoms with van der Waals surface area (Å²) in [5.41, 5.74) is 1.86. The Bertz CT molecular complexity index is 1540. The minimum Gasteiger partial charge on any atom is -0.493 e. The van der Waals surface area contributed by atoms with Crippen molar-refractivity contribution in [3.05, 3.63) is 93.0 Å². The Morgan fingerprint density at radius 2 is 1.77 bits per heavy atom. The van der Waals surface area contributed by atoms with Crippen molar-refractivity contribution in [2.75, 3.05) is 14.2 Å². The first kappa shape index (κ1) is 24.7. The minimum absolute atomic E-state index is 0.0189. The van der Waals surface area contributed by atoms with E-state index in [2.05, 4.69) is 9.97 Å². The van der Waals surface area contributed by atoms with Gasteiger partial charge in [-0.3, -0.25) is 9.78 Å². The predicted octanol–water partition coefficient (Wildman–Crippen LogP) is 4.29. The summed E-state index contributed by atoms with van der Waals surface area (Å²) in [4.78, 5) is 19.9. The van der Waals surface area contributed by atoms with Crippen LogP contribution in [0, 0.1) is 6.92 Å². The molecule has 0 saturated carbocycles. The second kappa shape index (κ2) is 10.1. The third-order valence-electron chi connectivity index (χ3n) is 5.63. The standard InChI is InChI=1S/C25H24ClN3O5S/c1-16-6-7-20(11-21(16)26)35(31,32)29(14-17-5-4-8-27-13-17)15-19-9-18-10-23(33-2)24(34-3)12-22(18)28-25(19)30/h4-13H,14-15H2,1-3H3,(H,28,30). The van der Waals surface area contributed by atoms with Gasteiger partial charge in [-0.15, -0.1) is 0 Å². The lowest BCUT2D eigenvalue weighted by Crippen LogP contribution is -2.32. The summed E-state index contributed by atoms with van der Waals surface area (Å²) in [6.07, 6.45) is 3.20. The van der Waals surface area contributed by atoms with Gasteiger partial charge in [-0.1, -0.05) is 23.7 Å². The van der Waals surface area contributed by atoms with Gasteiger partial charge in [-0.05, 0) is 48.4 Å². The number of ether oxygens (including phenoxy) is 2. The number of aromatic nitrogens is 2. The van der Waals surface area contributed by atoms with E-state index in [-0.39, 0.29) is 23.5 Å². The fraction of sp³-hybridized carbons (Fsp3) is 0.200. The van der Waals surface area contributed by atoms with E-state index in [1.54, 1.807) is 55.7 Å². The number of sulfonamides is 1. The molecule has 4 rings (SSSR count). The zero-order chi connectivity index (χ0) is 25.2. The zero-order valence-electron chi connectivity index (χ0n) is 19.4. The van der Waals surface area contributed by atoms with Gasteiger partial charge in [0.25, 0.3) is 5.56 Å². The second-order valence-corrected chi connectivity index (χ2v) is 10.3. The van der Waals surface area contributed by atoms with E-state index in [4.69, 9.17) is 21.1 Å². The minimum atomic E-state index is -4.01. The van der Waals surface area contributed by atoms with Crippen LogP contribution in [0.25, 0.3) is 10.9 Å². The van der Waals surface area contributed by atoms with Gasteiger partial charge in [-0.2, -0.15) is 4.31 Å². The van der Waals surface area contributed by atoms with Crippen LogP contribution in [0.3, 0.4) is 0 Å². The highest BCUT2D eigenvalue weighted by molar-refractivity contribution is 7.89. The van der Waals surface area contributed by atoms with Crippen molar-refractivity contribution in [2.45, 2.75) is 24.9 Å². The number of aromatic amines is 1. The van der Waals surface area contributed by atoms with Crippen molar-refractivity contribution >= 4 is 32.5 Å². The van der Waals surface area contributed by atoms with E-state index in [0.717, 1.165) is 5.56 Å². The number of nitrogens with zero attached hydrogens (tertiary/aromatic N) is 2. The fourth-order valence-electron chi connectivity index (χ4n) is 3.69. The molecule has 0 unspecified atom stereocenters. The quantitative estimate of drug-likeness (QED) is 0.377. The lowest BCUT2D eigenvalue weighted by atomic mass is 10.1. The van der Waals surface area contributed by atoms with Gasteiger partial charge in [0.2, 0.25) is 10.0 Å². The topological polar surface area (TPSA) is 102 Å². The van der Waals surface area contributed by atoms with Gasteiger partial charge in [-0.25, -0.2) is 8.42 Å². The molecule has 8 nitrogen and oxygen atoms in total. The van der Waals surface area contributed by atoms with Crippen LogP contribution in [0.1, 0.15) is 16.7 Å². The van der Waals surface area contributed by atoms with Gasteiger partial charge in [0, 0.05) is 47.5 Å². The molecule has 0 saturated heterocycles. The van der Waals surface area contributed by atoms with E-state index in [0.29, 0.717) is 33.0 Å². The van der Waals surface area contributed by atoms with Crippen LogP contribution in [0.2, 0.25) is 5.02 Å². The molecular weight excluding hydrogens is 490 g/mol. The summed E-state index contributed by atoms with van der Waals surface area (Å²) in [5, 5.41) is 1.02. The number of H-pyrrole nitrogens is 1. The number of nitrogens with one attached hydrogen (secondary N) is 1. The molecule has 0 aliphatic heterocycles. The molecule has 2 heterocycles. The van der Waals surface area contributed by atoms with Gasteiger partial charge >= 0.3 is 0 Å². The number of pyridine rings is 2. The van der Waals surface area contributed by atoms with Gasteiger partial charge < -0.3 is 14.5 Å². The van der Waals surface area contributed by atoms with Crippen LogP contribution in [0.5, 0.6) is 11.5 Å². The number of halogens is 1. The van der Waals surface area contributed by atoms with Crippen molar-refractivity contribution in [3.63, 3.8) is 0 Å². The van der Waals surface area contributed by atoms with E-state index >= 15 is 0 Å². The second-order valence-electron chi connectivity index (χ2n) is 7.96. The lowest BCUT2D eigenvalue weighted by molar-refractivity contribution is 0.355. The predicted molar refractivity (Wildman–Crippen MR) is 135 cm³/mol. The summed E-state index contributed by atoms with van der Waals surface area (Å²) in [7, 11) is -0.979. The molecule has 0 fully saturated rings. The number of rotatable bonds is 8. The molecule has 4 aromatic rings. The van der Waals surface area contributed by atoms with Crippen LogP contribution in [-0.2, 0) is 23.1 Å². The molecule has 0 bridgehead atoms. The van der Waals surface area contributed by atoms with Crippen LogP contribution in [-0.4, -0.2) is 36.9 Å². The number of methoxy groups -OCH3 is 2. The molecule has 0 aliphatic carbocycles. The van der Waals surface area contributed by atoms with Crippen molar-refractivity contribution in [1.82, 2.24) is 14.3 Å². The Morgan fingerprint density at radius 3 is 2.43 bits per heavy atom. The first-order valence-corrected chi connectivity index (χ1v) is 12.5. The van der Waals surface area contributed by atoms with Crippen molar-refractivity contribution in [2.24, 2.45) is 0 Å². The third kappa shape index (κ3) is 5.17. The Balaban J connectivity index is 1.80. The van der Waals surface area contributed by atoms with E-state index in [1.807, 2.05) is 0 Å². The summed E-state index contributed by atoms with van der Waals surface area (Å²) >= 11 is 6.22. The third-order valence-corrected chi connectivity index (χ3v) is 7.83. The Hall–Kier alpha value is -3.40. The molecule has 1 N–H and O–H groups in total. The maximum Gasteiger partial charge on any atom is 0.252 e. The largest absolute Gasteiger partial charge is 0.493 e. The van der Waals surface area contributed by atoms with E-state index < -0.39 is 15.6 Å². The van der Waals surface area contributed by atoms with Crippen LogP contribution in [0.4, 0.5) is 0 Å².